The van der Waals surface area contributed by atoms with Crippen molar-refractivity contribution in [2.24, 2.45) is 28.2 Å². The first-order valence-corrected chi connectivity index (χ1v) is 47.2. The van der Waals surface area contributed by atoms with Crippen LogP contribution in [0.1, 0.15) is 0 Å². The molecular formula is C126H86N8S. The number of benzene rings is 21. The van der Waals surface area contributed by atoms with Crippen molar-refractivity contribution in [1.82, 2.24) is 36.5 Å². The topological polar surface area (TPSA) is 39.4 Å². The molecule has 0 fully saturated rings. The summed E-state index contributed by atoms with van der Waals surface area (Å²) in [5, 5.41) is 28.5. The minimum Gasteiger partial charge on any atom is -0.344 e. The number of aryl methyl sites for hydroxylation is 4. The molecule has 135 heavy (non-hydrogen) atoms. The molecule has 636 valence electrons. The quantitative estimate of drug-likeness (QED) is 0.149. The van der Waals surface area contributed by atoms with E-state index in [1.54, 1.807) is 0 Å². The second-order valence-corrected chi connectivity index (χ2v) is 37.1. The Morgan fingerprint density at radius 2 is 0.430 bits per heavy atom. The number of rotatable bonds is 6. The molecule has 21 aromatic carbocycles. The van der Waals surface area contributed by atoms with Crippen molar-refractivity contribution in [3.63, 3.8) is 0 Å². The molecule has 0 aliphatic heterocycles. The van der Waals surface area contributed by atoms with Gasteiger partial charge >= 0.3 is 0 Å². The first-order valence-electron chi connectivity index (χ1n) is 46.4. The van der Waals surface area contributed by atoms with E-state index in [4.69, 9.17) is 0 Å². The van der Waals surface area contributed by atoms with E-state index in [1.165, 1.54) is 261 Å². The van der Waals surface area contributed by atoms with Crippen LogP contribution in [0.25, 0.3) is 261 Å². The highest BCUT2D eigenvalue weighted by molar-refractivity contribution is 7.26. The van der Waals surface area contributed by atoms with E-state index in [0.717, 1.165) is 0 Å². The monoisotopic (exact) mass is 1740 g/mol. The van der Waals surface area contributed by atoms with Gasteiger partial charge in [-0.25, -0.2) is 0 Å². The zero-order valence-electron chi connectivity index (χ0n) is 74.7. The lowest BCUT2D eigenvalue weighted by molar-refractivity contribution is 1.02. The maximum atomic E-state index is 2.48. The maximum Gasteiger partial charge on any atom is 0.0640 e. The van der Waals surface area contributed by atoms with Crippen molar-refractivity contribution in [3.05, 3.63) is 449 Å². The third kappa shape index (κ3) is 12.1. The second-order valence-electron chi connectivity index (χ2n) is 36.1. The van der Waals surface area contributed by atoms with Crippen molar-refractivity contribution < 1.29 is 0 Å². The second kappa shape index (κ2) is 30.7. The maximum absolute atomic E-state index is 2.48. The summed E-state index contributed by atoms with van der Waals surface area (Å²) in [5.74, 6) is 0. The lowest BCUT2D eigenvalue weighted by Gasteiger charge is -2.10. The number of fused-ring (bicyclic) bond motifs is 29. The van der Waals surface area contributed by atoms with E-state index in [-0.39, 0.29) is 0 Å². The molecule has 9 heteroatoms. The van der Waals surface area contributed by atoms with Gasteiger partial charge in [-0.1, -0.05) is 291 Å². The van der Waals surface area contributed by atoms with Gasteiger partial charge in [0.2, 0.25) is 0 Å². The summed E-state index contributed by atoms with van der Waals surface area (Å²) < 4.78 is 21.7. The Morgan fingerprint density at radius 3 is 0.867 bits per heavy atom. The highest BCUT2D eigenvalue weighted by atomic mass is 32.1. The van der Waals surface area contributed by atoms with Gasteiger partial charge in [-0.3, -0.25) is 0 Å². The average Bonchev–Trinajstić information content (AvgIpc) is 1.56. The van der Waals surface area contributed by atoms with Gasteiger partial charge in [0, 0.05) is 191 Å². The van der Waals surface area contributed by atoms with Crippen molar-refractivity contribution in [2.45, 2.75) is 0 Å². The molecule has 8 nitrogen and oxygen atoms in total. The number of aromatic nitrogens is 8. The molecule has 0 aliphatic carbocycles. The molecular weight excluding hydrogens is 1660 g/mol. The predicted octanol–water partition coefficient (Wildman–Crippen LogP) is 33.7. The first-order chi connectivity index (χ1) is 66.6. The average molecular weight is 1740 g/mol. The zero-order chi connectivity index (χ0) is 89.4. The number of nitrogens with zero attached hydrogens (tertiary/aromatic N) is 8. The molecule has 0 spiro atoms. The lowest BCUT2D eigenvalue weighted by atomic mass is 10.0. The Labute approximate surface area is 780 Å². The molecule has 9 aromatic heterocycles. The molecule has 0 aliphatic rings. The van der Waals surface area contributed by atoms with E-state index in [1.807, 2.05) is 11.3 Å². The van der Waals surface area contributed by atoms with E-state index >= 15 is 0 Å². The Morgan fingerprint density at radius 1 is 0.148 bits per heavy atom. The van der Waals surface area contributed by atoms with Crippen molar-refractivity contribution in [1.29, 1.82) is 0 Å². The fourth-order valence-corrected chi connectivity index (χ4v) is 23.6. The minimum absolute atomic E-state index is 1.18. The van der Waals surface area contributed by atoms with Crippen LogP contribution in [0.5, 0.6) is 0 Å². The molecule has 0 saturated carbocycles. The standard InChI is InChI=1S/C33H22N2.C31H20N2S.2C31H22N2/c1-34-30-12-6-4-10-26(30)28-20-33-29(19-32(28)34)27-11-5-7-13-31(27)35(33)25-15-14-23-16-21-8-2-3-9-22(21)17-24(23)18-25;1-32-25-13-5-2-9-19(25)23-18-29-24(17-28(23)32)20-10-3-6-14-26(20)33(29)27-15-8-12-22-21-11-4-7-16-30(21)34-31(22)27;1-32-28-16-7-5-14-24(28)26-20-31-27(19-30(26)32)25-15-6-8-17-29(25)33(31)23-13-9-12-22(18-23)21-10-3-2-4-11-21;1-32-28-13-7-5-11-24(28)26-20-31-27(19-30(26)32)25-12-6-8-14-29(25)33(31)23-17-15-22(16-18-23)21-9-3-2-4-10-21/h2-20H,1H3;2-18H,1H3;2*2-20H,1H3. The van der Waals surface area contributed by atoms with Crippen molar-refractivity contribution in [2.75, 3.05) is 0 Å². The van der Waals surface area contributed by atoms with Crippen LogP contribution in [-0.4, -0.2) is 36.5 Å². The normalized spacial score (nSPS) is 12.0. The molecule has 0 radical (unpaired) electrons. The van der Waals surface area contributed by atoms with Crippen molar-refractivity contribution >= 4 is 228 Å². The smallest absolute Gasteiger partial charge is 0.0640 e. The van der Waals surface area contributed by atoms with Crippen LogP contribution in [0.3, 0.4) is 0 Å². The van der Waals surface area contributed by atoms with Gasteiger partial charge < -0.3 is 36.5 Å². The summed E-state index contributed by atoms with van der Waals surface area (Å²) in [6, 6.07) is 163. The molecule has 30 rings (SSSR count). The third-order valence-corrected chi connectivity index (χ3v) is 30.1. The van der Waals surface area contributed by atoms with Gasteiger partial charge in [-0.05, 0) is 202 Å². The fraction of sp³-hybridized carbons (Fsp3) is 0.0317. The number of hydrogen-bond donors (Lipinski definition) is 0. The van der Waals surface area contributed by atoms with Crippen LogP contribution < -0.4 is 0 Å². The van der Waals surface area contributed by atoms with Gasteiger partial charge in [0.05, 0.1) is 54.5 Å². The highest BCUT2D eigenvalue weighted by Crippen LogP contribution is 2.47. The highest BCUT2D eigenvalue weighted by Gasteiger charge is 2.25. The van der Waals surface area contributed by atoms with Gasteiger partial charge in [-0.15, -0.1) is 11.3 Å². The largest absolute Gasteiger partial charge is 0.344 e. The number of thiophene rings is 1. The van der Waals surface area contributed by atoms with Crippen LogP contribution in [0.15, 0.2) is 449 Å². The Hall–Kier alpha value is -17.2. The summed E-state index contributed by atoms with van der Waals surface area (Å²) in [5.41, 5.74) is 29.8. The van der Waals surface area contributed by atoms with Crippen LogP contribution in [-0.2, 0) is 28.2 Å². The summed E-state index contributed by atoms with van der Waals surface area (Å²) in [4.78, 5) is 0. The number of hydrogen-bond acceptors (Lipinski definition) is 1. The first kappa shape index (κ1) is 77.7. The molecule has 30 aromatic rings. The van der Waals surface area contributed by atoms with Crippen LogP contribution in [0.4, 0.5) is 0 Å². The zero-order valence-corrected chi connectivity index (χ0v) is 75.5. The van der Waals surface area contributed by atoms with Gasteiger partial charge in [0.1, 0.15) is 0 Å². The Kier molecular flexibility index (Phi) is 17.7. The summed E-state index contributed by atoms with van der Waals surface area (Å²) in [6.07, 6.45) is 0. The minimum atomic E-state index is 1.18. The lowest BCUT2D eigenvalue weighted by Crippen LogP contribution is -1.94. The molecule has 0 unspecified atom stereocenters. The Bertz CT molecular complexity index is 10100. The van der Waals surface area contributed by atoms with Gasteiger partial charge in [0.25, 0.3) is 0 Å². The van der Waals surface area contributed by atoms with Crippen molar-refractivity contribution in [3.8, 4) is 45.0 Å². The summed E-state index contributed by atoms with van der Waals surface area (Å²) in [6.45, 7) is 0. The summed E-state index contributed by atoms with van der Waals surface area (Å²) in [7, 11) is 8.67. The SMILES string of the molecule is Cn1c2ccccc2c2cc3c(cc21)c1ccccc1n3-c1ccc(-c2ccccc2)cc1.Cn1c2ccccc2c2cc3c(cc21)c1ccccc1n3-c1ccc2cc3ccccc3cc2c1.Cn1c2ccccc2c2cc3c(cc21)c1ccccc1n3-c1cccc(-c2ccccc2)c1.Cn1c2ccccc2c2cc3c(cc21)c1ccccc1n3-c1cccc2c1sc1ccccc12. The van der Waals surface area contributed by atoms with E-state index in [9.17, 15) is 0 Å². The van der Waals surface area contributed by atoms with Crippen LogP contribution >= 0.6 is 11.3 Å². The molecule has 0 saturated heterocycles. The van der Waals surface area contributed by atoms with Crippen LogP contribution in [0, 0.1) is 0 Å². The molecule has 0 amide bonds. The van der Waals surface area contributed by atoms with E-state index in [2.05, 4.69) is 514 Å². The predicted molar refractivity (Wildman–Crippen MR) is 578 cm³/mol. The molecule has 0 atom stereocenters. The Balaban J connectivity index is 0.0000000915. The van der Waals surface area contributed by atoms with E-state index < -0.39 is 0 Å². The summed E-state index contributed by atoms with van der Waals surface area (Å²) >= 11 is 1.89. The van der Waals surface area contributed by atoms with Gasteiger partial charge in [0.15, 0.2) is 0 Å². The molecule has 0 bridgehead atoms. The third-order valence-electron chi connectivity index (χ3n) is 28.8. The fourth-order valence-electron chi connectivity index (χ4n) is 22.4. The van der Waals surface area contributed by atoms with E-state index in [0.29, 0.717) is 0 Å². The molecule has 9 heterocycles. The number of para-hydroxylation sites is 8. The van der Waals surface area contributed by atoms with Gasteiger partial charge in [-0.2, -0.15) is 0 Å². The van der Waals surface area contributed by atoms with Crippen LogP contribution in [0.2, 0.25) is 0 Å². The molecule has 0 N–H and O–H groups in total.